The lowest BCUT2D eigenvalue weighted by Crippen LogP contribution is -2.13. The molecule has 0 saturated carbocycles. The summed E-state index contributed by atoms with van der Waals surface area (Å²) in [6.07, 6.45) is 1.04. The van der Waals surface area contributed by atoms with Crippen molar-refractivity contribution in [3.63, 3.8) is 0 Å². The number of rotatable bonds is 5. The summed E-state index contributed by atoms with van der Waals surface area (Å²) in [7, 11) is 0. The van der Waals surface area contributed by atoms with Gasteiger partial charge in [-0.3, -0.25) is 0 Å². The molecule has 1 heterocycles. The molecule has 0 aliphatic heterocycles. The fraction of sp³-hybridized carbons (Fsp3) is 0.333. The first kappa shape index (κ1) is 13.2. The third kappa shape index (κ3) is 3.36. The lowest BCUT2D eigenvalue weighted by molar-refractivity contribution is 0.477. The highest BCUT2D eigenvalue weighted by atomic mass is 79.9. The monoisotopic (exact) mass is 313 g/mol. The zero-order valence-corrected chi connectivity index (χ0v) is 11.5. The van der Waals surface area contributed by atoms with Gasteiger partial charge in [-0.2, -0.15) is 0 Å². The van der Waals surface area contributed by atoms with Crippen LogP contribution in [0.5, 0.6) is 0 Å². The van der Waals surface area contributed by atoms with Gasteiger partial charge in [0.25, 0.3) is 0 Å². The Morgan fingerprint density at radius 1 is 1.33 bits per heavy atom. The normalized spacial score (nSPS) is 10.8. The van der Waals surface area contributed by atoms with Crippen LogP contribution in [0.1, 0.15) is 19.2 Å². The summed E-state index contributed by atoms with van der Waals surface area (Å²) in [6.45, 7) is 3.50. The fourth-order valence-corrected chi connectivity index (χ4v) is 1.96. The molecular weight excluding hydrogens is 301 g/mol. The van der Waals surface area contributed by atoms with Crippen LogP contribution in [-0.2, 0) is 6.54 Å². The molecule has 1 aromatic heterocycles. The SMILES string of the molecule is CCCNCc1nnc(-c2cc(F)cc(Br)c2)o1. The van der Waals surface area contributed by atoms with E-state index in [2.05, 4.69) is 38.4 Å². The van der Waals surface area contributed by atoms with E-state index < -0.39 is 0 Å². The van der Waals surface area contributed by atoms with Crippen molar-refractivity contribution >= 4 is 15.9 Å². The van der Waals surface area contributed by atoms with E-state index in [1.54, 1.807) is 6.07 Å². The van der Waals surface area contributed by atoms with Crippen molar-refractivity contribution in [2.45, 2.75) is 19.9 Å². The van der Waals surface area contributed by atoms with Gasteiger partial charge in [-0.05, 0) is 31.2 Å². The standard InChI is InChI=1S/C12H13BrFN3O/c1-2-3-15-7-11-16-17-12(18-11)8-4-9(13)6-10(14)5-8/h4-6,15H,2-3,7H2,1H3. The van der Waals surface area contributed by atoms with Gasteiger partial charge in [0.1, 0.15) is 5.82 Å². The highest BCUT2D eigenvalue weighted by Crippen LogP contribution is 2.23. The predicted molar refractivity (Wildman–Crippen MR) is 69.4 cm³/mol. The lowest BCUT2D eigenvalue weighted by Gasteiger charge is -1.98. The van der Waals surface area contributed by atoms with Crippen LogP contribution in [0.25, 0.3) is 11.5 Å². The average Bonchev–Trinajstić information content (AvgIpc) is 2.77. The maximum absolute atomic E-state index is 13.2. The van der Waals surface area contributed by atoms with Gasteiger partial charge in [-0.15, -0.1) is 10.2 Å². The number of hydrogen-bond donors (Lipinski definition) is 1. The van der Waals surface area contributed by atoms with E-state index in [9.17, 15) is 4.39 Å². The van der Waals surface area contributed by atoms with Gasteiger partial charge in [-0.25, -0.2) is 4.39 Å². The Morgan fingerprint density at radius 2 is 2.17 bits per heavy atom. The smallest absolute Gasteiger partial charge is 0.247 e. The Morgan fingerprint density at radius 3 is 2.89 bits per heavy atom. The van der Waals surface area contributed by atoms with Gasteiger partial charge in [0, 0.05) is 10.0 Å². The summed E-state index contributed by atoms with van der Waals surface area (Å²) < 4.78 is 19.3. The first-order valence-corrected chi connectivity index (χ1v) is 6.48. The largest absolute Gasteiger partial charge is 0.419 e. The van der Waals surface area contributed by atoms with Gasteiger partial charge >= 0.3 is 0 Å². The molecule has 0 atom stereocenters. The van der Waals surface area contributed by atoms with Crippen LogP contribution in [0.3, 0.4) is 0 Å². The second-order valence-corrected chi connectivity index (χ2v) is 4.75. The van der Waals surface area contributed by atoms with E-state index in [0.29, 0.717) is 28.4 Å². The average molecular weight is 314 g/mol. The van der Waals surface area contributed by atoms with Crippen LogP contribution in [0.15, 0.2) is 27.1 Å². The maximum atomic E-state index is 13.2. The third-order valence-electron chi connectivity index (χ3n) is 2.28. The minimum absolute atomic E-state index is 0.323. The van der Waals surface area contributed by atoms with Crippen molar-refractivity contribution in [2.24, 2.45) is 0 Å². The van der Waals surface area contributed by atoms with E-state index in [1.807, 2.05) is 0 Å². The zero-order chi connectivity index (χ0) is 13.0. The molecule has 0 saturated heterocycles. The van der Waals surface area contributed by atoms with Crippen LogP contribution in [0.2, 0.25) is 0 Å². The van der Waals surface area contributed by atoms with Crippen molar-refractivity contribution in [1.29, 1.82) is 0 Å². The molecule has 0 aliphatic rings. The second-order valence-electron chi connectivity index (χ2n) is 3.84. The van der Waals surface area contributed by atoms with Crippen LogP contribution < -0.4 is 5.32 Å². The molecule has 6 heteroatoms. The van der Waals surface area contributed by atoms with Crippen molar-refractivity contribution in [3.05, 3.63) is 34.4 Å². The molecule has 0 radical (unpaired) electrons. The Balaban J connectivity index is 2.13. The molecule has 1 aromatic carbocycles. The molecule has 0 amide bonds. The minimum atomic E-state index is -0.344. The number of benzene rings is 1. The van der Waals surface area contributed by atoms with E-state index >= 15 is 0 Å². The van der Waals surface area contributed by atoms with Gasteiger partial charge in [0.05, 0.1) is 6.54 Å². The summed E-state index contributed by atoms with van der Waals surface area (Å²) in [5, 5.41) is 11.0. The van der Waals surface area contributed by atoms with Crippen molar-refractivity contribution in [3.8, 4) is 11.5 Å². The molecule has 4 nitrogen and oxygen atoms in total. The minimum Gasteiger partial charge on any atom is -0.419 e. The molecule has 0 aliphatic carbocycles. The van der Waals surface area contributed by atoms with E-state index in [1.165, 1.54) is 12.1 Å². The van der Waals surface area contributed by atoms with E-state index in [4.69, 9.17) is 4.42 Å². The van der Waals surface area contributed by atoms with Crippen LogP contribution in [-0.4, -0.2) is 16.7 Å². The third-order valence-corrected chi connectivity index (χ3v) is 2.74. The van der Waals surface area contributed by atoms with Gasteiger partial charge in [-0.1, -0.05) is 22.9 Å². The molecule has 0 unspecified atom stereocenters. The van der Waals surface area contributed by atoms with Crippen LogP contribution in [0, 0.1) is 5.82 Å². The summed E-state index contributed by atoms with van der Waals surface area (Å²) in [6, 6.07) is 4.48. The second kappa shape index (κ2) is 6.06. The van der Waals surface area contributed by atoms with Crippen LogP contribution >= 0.6 is 15.9 Å². The number of aromatic nitrogens is 2. The van der Waals surface area contributed by atoms with Gasteiger partial charge in [0.2, 0.25) is 11.8 Å². The van der Waals surface area contributed by atoms with Crippen molar-refractivity contribution < 1.29 is 8.81 Å². The van der Waals surface area contributed by atoms with Crippen molar-refractivity contribution in [1.82, 2.24) is 15.5 Å². The fourth-order valence-electron chi connectivity index (χ4n) is 1.49. The van der Waals surface area contributed by atoms with E-state index in [-0.39, 0.29) is 5.82 Å². The first-order chi connectivity index (χ1) is 8.69. The Labute approximate surface area is 113 Å². The molecule has 1 N–H and O–H groups in total. The Kier molecular flexibility index (Phi) is 4.43. The van der Waals surface area contributed by atoms with Gasteiger partial charge in [0.15, 0.2) is 0 Å². The quantitative estimate of drug-likeness (QED) is 0.862. The molecule has 0 fully saturated rings. The van der Waals surface area contributed by atoms with Crippen LogP contribution in [0.4, 0.5) is 4.39 Å². The Hall–Kier alpha value is -1.27. The van der Waals surface area contributed by atoms with Crippen molar-refractivity contribution in [2.75, 3.05) is 6.54 Å². The first-order valence-electron chi connectivity index (χ1n) is 5.68. The highest BCUT2D eigenvalue weighted by molar-refractivity contribution is 9.10. The number of halogens is 2. The summed E-state index contributed by atoms with van der Waals surface area (Å²) in [4.78, 5) is 0. The topological polar surface area (TPSA) is 51.0 Å². The predicted octanol–water partition coefficient (Wildman–Crippen LogP) is 3.14. The summed E-state index contributed by atoms with van der Waals surface area (Å²) >= 11 is 3.23. The highest BCUT2D eigenvalue weighted by Gasteiger charge is 2.10. The molecule has 0 bridgehead atoms. The number of nitrogens with one attached hydrogen (secondary N) is 1. The molecule has 0 spiro atoms. The summed E-state index contributed by atoms with van der Waals surface area (Å²) in [5.41, 5.74) is 0.566. The number of nitrogens with zero attached hydrogens (tertiary/aromatic N) is 2. The molecule has 96 valence electrons. The zero-order valence-electron chi connectivity index (χ0n) is 9.91. The molecular formula is C12H13BrFN3O. The van der Waals surface area contributed by atoms with E-state index in [0.717, 1.165) is 13.0 Å². The lowest BCUT2D eigenvalue weighted by atomic mass is 10.2. The Bertz CT molecular complexity index is 510. The molecule has 2 aromatic rings. The summed E-state index contributed by atoms with van der Waals surface area (Å²) in [5.74, 6) is 0.477. The molecule has 2 rings (SSSR count). The number of hydrogen-bond acceptors (Lipinski definition) is 4. The van der Waals surface area contributed by atoms with Gasteiger partial charge < -0.3 is 9.73 Å². The maximum Gasteiger partial charge on any atom is 0.247 e. The molecule has 18 heavy (non-hydrogen) atoms.